The van der Waals surface area contributed by atoms with E-state index in [-0.39, 0.29) is 17.7 Å². The highest BCUT2D eigenvalue weighted by Gasteiger charge is 2.18. The van der Waals surface area contributed by atoms with E-state index >= 15 is 0 Å². The Balaban J connectivity index is 2.36. The zero-order valence-corrected chi connectivity index (χ0v) is 12.1. The Kier molecular flexibility index (Phi) is 4.63. The van der Waals surface area contributed by atoms with Crippen molar-refractivity contribution in [3.05, 3.63) is 63.4 Å². The van der Waals surface area contributed by atoms with Crippen LogP contribution < -0.4 is 4.74 Å². The molecule has 5 heteroatoms. The van der Waals surface area contributed by atoms with Crippen molar-refractivity contribution in [2.75, 3.05) is 7.11 Å². The third kappa shape index (κ3) is 3.11. The highest BCUT2D eigenvalue weighted by molar-refractivity contribution is 6.33. The molecule has 0 aliphatic carbocycles. The molecule has 0 atom stereocenters. The van der Waals surface area contributed by atoms with Gasteiger partial charge in [0.25, 0.3) is 0 Å². The predicted octanol–water partition coefficient (Wildman–Crippen LogP) is 4.57. The van der Waals surface area contributed by atoms with Gasteiger partial charge in [-0.15, -0.1) is 0 Å². The highest BCUT2D eigenvalue weighted by atomic mass is 35.5. The topological polar surface area (TPSA) is 26.3 Å². The van der Waals surface area contributed by atoms with Crippen LogP contribution in [-0.2, 0) is 6.42 Å². The summed E-state index contributed by atoms with van der Waals surface area (Å²) in [6.07, 6.45) is -0.0450. The van der Waals surface area contributed by atoms with Crippen molar-refractivity contribution in [3.63, 3.8) is 0 Å². The van der Waals surface area contributed by atoms with Crippen LogP contribution in [0.4, 0.5) is 4.39 Å². The van der Waals surface area contributed by atoms with Crippen molar-refractivity contribution in [1.29, 1.82) is 0 Å². The molecule has 20 heavy (non-hydrogen) atoms. The number of halogens is 3. The van der Waals surface area contributed by atoms with E-state index in [1.807, 2.05) is 0 Å². The maximum absolute atomic E-state index is 13.8. The number of hydrogen-bond acceptors (Lipinski definition) is 2. The molecule has 0 N–H and O–H groups in total. The van der Waals surface area contributed by atoms with Crippen LogP contribution in [0.5, 0.6) is 5.75 Å². The smallest absolute Gasteiger partial charge is 0.173 e. The van der Waals surface area contributed by atoms with Crippen LogP contribution >= 0.6 is 23.2 Å². The zero-order chi connectivity index (χ0) is 14.7. The van der Waals surface area contributed by atoms with Gasteiger partial charge in [0.2, 0.25) is 0 Å². The summed E-state index contributed by atoms with van der Waals surface area (Å²) in [5.74, 6) is -0.829. The van der Waals surface area contributed by atoms with Gasteiger partial charge in [-0.25, -0.2) is 4.39 Å². The summed E-state index contributed by atoms with van der Waals surface area (Å²) in [5, 5.41) is 0.885. The van der Waals surface area contributed by atoms with Crippen molar-refractivity contribution >= 4 is 29.0 Å². The molecular formula is C15H11Cl2FO2. The van der Waals surface area contributed by atoms with Crippen LogP contribution in [0.2, 0.25) is 10.0 Å². The number of ketones is 1. The molecule has 2 aromatic rings. The second kappa shape index (κ2) is 6.25. The van der Waals surface area contributed by atoms with Crippen molar-refractivity contribution in [3.8, 4) is 5.75 Å². The molecule has 0 unspecified atom stereocenters. The van der Waals surface area contributed by atoms with Crippen molar-refractivity contribution < 1.29 is 13.9 Å². The molecular weight excluding hydrogens is 302 g/mol. The fourth-order valence-corrected chi connectivity index (χ4v) is 2.26. The second-order valence-electron chi connectivity index (χ2n) is 4.15. The van der Waals surface area contributed by atoms with Crippen LogP contribution in [0.15, 0.2) is 36.4 Å². The van der Waals surface area contributed by atoms with Crippen molar-refractivity contribution in [2.24, 2.45) is 0 Å². The highest BCUT2D eigenvalue weighted by Crippen LogP contribution is 2.26. The average Bonchev–Trinajstić information content (AvgIpc) is 2.42. The first-order chi connectivity index (χ1) is 9.52. The maximum Gasteiger partial charge on any atom is 0.173 e. The SMILES string of the molecule is COc1cccc(F)c1C(=O)Cc1cc(Cl)ccc1Cl. The molecule has 0 bridgehead atoms. The zero-order valence-electron chi connectivity index (χ0n) is 10.6. The third-order valence-corrected chi connectivity index (χ3v) is 3.44. The van der Waals surface area contributed by atoms with Crippen LogP contribution in [0.1, 0.15) is 15.9 Å². The van der Waals surface area contributed by atoms with E-state index in [0.29, 0.717) is 15.6 Å². The molecule has 0 saturated heterocycles. The fourth-order valence-electron chi connectivity index (χ4n) is 1.89. The summed E-state index contributed by atoms with van der Waals surface area (Å²) in [6, 6.07) is 9.06. The molecule has 2 nitrogen and oxygen atoms in total. The van der Waals surface area contributed by atoms with Crippen molar-refractivity contribution in [1.82, 2.24) is 0 Å². The Labute approximate surface area is 126 Å². The lowest BCUT2D eigenvalue weighted by Gasteiger charge is -2.09. The molecule has 104 valence electrons. The minimum Gasteiger partial charge on any atom is -0.496 e. The Morgan fingerprint density at radius 2 is 2.00 bits per heavy atom. The lowest BCUT2D eigenvalue weighted by Crippen LogP contribution is -2.08. The number of carbonyl (C=O) groups is 1. The molecule has 0 aliphatic heterocycles. The number of benzene rings is 2. The molecule has 0 aromatic heterocycles. The Morgan fingerprint density at radius 3 is 2.70 bits per heavy atom. The van der Waals surface area contributed by atoms with Gasteiger partial charge in [-0.1, -0.05) is 29.3 Å². The number of methoxy groups -OCH3 is 1. The van der Waals surface area contributed by atoms with Crippen molar-refractivity contribution in [2.45, 2.75) is 6.42 Å². The number of carbonyl (C=O) groups excluding carboxylic acids is 1. The molecule has 0 fully saturated rings. The van der Waals surface area contributed by atoms with Gasteiger partial charge < -0.3 is 4.74 Å². The minimum absolute atomic E-state index is 0.0450. The number of ether oxygens (including phenoxy) is 1. The lowest BCUT2D eigenvalue weighted by atomic mass is 10.0. The molecule has 0 aliphatic rings. The second-order valence-corrected chi connectivity index (χ2v) is 5.00. The Hall–Kier alpha value is -1.58. The van der Waals surface area contributed by atoms with Gasteiger partial charge in [0.15, 0.2) is 5.78 Å². The van der Waals surface area contributed by atoms with E-state index < -0.39 is 11.6 Å². The summed E-state index contributed by atoms with van der Waals surface area (Å²) in [4.78, 5) is 12.3. The fraction of sp³-hybridized carbons (Fsp3) is 0.133. The monoisotopic (exact) mass is 312 g/mol. The van der Waals surface area contributed by atoms with E-state index in [4.69, 9.17) is 27.9 Å². The molecule has 0 radical (unpaired) electrons. The normalized spacial score (nSPS) is 10.4. The van der Waals surface area contributed by atoms with E-state index in [1.54, 1.807) is 18.2 Å². The van der Waals surface area contributed by atoms with Gasteiger partial charge in [-0.05, 0) is 35.9 Å². The largest absolute Gasteiger partial charge is 0.496 e. The minimum atomic E-state index is -0.618. The Morgan fingerprint density at radius 1 is 1.25 bits per heavy atom. The van der Waals surface area contributed by atoms with E-state index in [0.717, 1.165) is 0 Å². The first-order valence-electron chi connectivity index (χ1n) is 5.82. The lowest BCUT2D eigenvalue weighted by molar-refractivity contribution is 0.0986. The first-order valence-corrected chi connectivity index (χ1v) is 6.58. The summed E-state index contributed by atoms with van der Waals surface area (Å²) >= 11 is 11.9. The number of Topliss-reactive ketones (excluding diaryl/α,β-unsaturated/α-hetero) is 1. The van der Waals surface area contributed by atoms with Crippen LogP contribution in [0, 0.1) is 5.82 Å². The quantitative estimate of drug-likeness (QED) is 0.773. The van der Waals surface area contributed by atoms with Crippen LogP contribution in [-0.4, -0.2) is 12.9 Å². The summed E-state index contributed by atoms with van der Waals surface area (Å²) in [7, 11) is 1.39. The summed E-state index contributed by atoms with van der Waals surface area (Å²) in [5.41, 5.74) is 0.473. The van der Waals surface area contributed by atoms with Gasteiger partial charge in [0, 0.05) is 16.5 Å². The number of rotatable bonds is 4. The van der Waals surface area contributed by atoms with Gasteiger partial charge >= 0.3 is 0 Å². The number of hydrogen-bond donors (Lipinski definition) is 0. The molecule has 0 heterocycles. The molecule has 2 aromatic carbocycles. The molecule has 0 amide bonds. The first kappa shape index (κ1) is 14.8. The average molecular weight is 313 g/mol. The predicted molar refractivity (Wildman–Crippen MR) is 77.4 cm³/mol. The Bertz CT molecular complexity index is 656. The van der Waals surface area contributed by atoms with Gasteiger partial charge in [0.05, 0.1) is 12.7 Å². The van der Waals surface area contributed by atoms with Gasteiger partial charge in [0.1, 0.15) is 11.6 Å². The molecule has 2 rings (SSSR count). The maximum atomic E-state index is 13.8. The standard InChI is InChI=1S/C15H11Cl2FO2/c1-20-14-4-2-3-12(18)15(14)13(19)8-9-7-10(16)5-6-11(9)17/h2-7H,8H2,1H3. The van der Waals surface area contributed by atoms with E-state index in [9.17, 15) is 9.18 Å². The van der Waals surface area contributed by atoms with Gasteiger partial charge in [-0.3, -0.25) is 4.79 Å². The molecule has 0 saturated carbocycles. The van der Waals surface area contributed by atoms with Crippen LogP contribution in [0.25, 0.3) is 0 Å². The van der Waals surface area contributed by atoms with Crippen LogP contribution in [0.3, 0.4) is 0 Å². The summed E-state index contributed by atoms with van der Waals surface area (Å²) in [6.45, 7) is 0. The molecule has 0 spiro atoms. The van der Waals surface area contributed by atoms with E-state index in [1.165, 1.54) is 25.3 Å². The third-order valence-electron chi connectivity index (χ3n) is 2.83. The van der Waals surface area contributed by atoms with E-state index in [2.05, 4.69) is 0 Å². The van der Waals surface area contributed by atoms with Gasteiger partial charge in [-0.2, -0.15) is 0 Å². The summed E-state index contributed by atoms with van der Waals surface area (Å²) < 4.78 is 18.8.